The Bertz CT molecular complexity index is 1070. The third kappa shape index (κ3) is 4.73. The van der Waals surface area contributed by atoms with Crippen LogP contribution in [0.2, 0.25) is 0 Å². The molecule has 5 rings (SSSR count). The molecule has 2 aliphatic heterocycles. The Morgan fingerprint density at radius 3 is 1.97 bits per heavy atom. The molecule has 0 bridgehead atoms. The Hall–Kier alpha value is -2.57. The van der Waals surface area contributed by atoms with Gasteiger partial charge in [-0.15, -0.1) is 0 Å². The molecule has 194 valence electrons. The fraction of sp³-hybridized carbons (Fsp3) is 0.567. The van der Waals surface area contributed by atoms with Gasteiger partial charge in [-0.3, -0.25) is 4.79 Å². The number of rotatable bonds is 11. The van der Waals surface area contributed by atoms with Gasteiger partial charge in [0.2, 0.25) is 0 Å². The molecule has 2 fully saturated rings. The van der Waals surface area contributed by atoms with Crippen molar-refractivity contribution < 1.29 is 19.0 Å². The molecule has 6 heteroatoms. The second kappa shape index (κ2) is 11.2. The van der Waals surface area contributed by atoms with Crippen LogP contribution < -0.4 is 24.8 Å². The zero-order valence-corrected chi connectivity index (χ0v) is 21.9. The third-order valence-electron chi connectivity index (χ3n) is 7.95. The van der Waals surface area contributed by atoms with E-state index in [-0.39, 0.29) is 18.0 Å². The lowest BCUT2D eigenvalue weighted by Crippen LogP contribution is -2.28. The van der Waals surface area contributed by atoms with Crippen molar-refractivity contribution >= 4 is 5.78 Å². The summed E-state index contributed by atoms with van der Waals surface area (Å²) in [5, 5.41) is 6.91. The molecule has 2 heterocycles. The standard InChI is InChI=1S/C30H40N2O4/c1-4-16-34-24-10-11-26(36-23(6-3)20-13-15-32-18-20)29-28(24)27-21(30(29)33)8-7-9-25(27)35-22(5-2)19-12-14-31-17-19/h7-11,19-20,22-23,31-32H,4-6,12-18H2,1-3H3. The van der Waals surface area contributed by atoms with E-state index >= 15 is 0 Å². The van der Waals surface area contributed by atoms with Crippen LogP contribution in [0, 0.1) is 11.8 Å². The minimum Gasteiger partial charge on any atom is -0.493 e. The molecular formula is C30H40N2O4. The van der Waals surface area contributed by atoms with Crippen molar-refractivity contribution in [3.63, 3.8) is 0 Å². The number of hydrogen-bond donors (Lipinski definition) is 2. The molecule has 2 N–H and O–H groups in total. The molecule has 4 atom stereocenters. The number of ketones is 1. The quantitative estimate of drug-likeness (QED) is 0.383. The molecule has 0 radical (unpaired) electrons. The van der Waals surface area contributed by atoms with Gasteiger partial charge in [-0.05, 0) is 63.4 Å². The van der Waals surface area contributed by atoms with Crippen LogP contribution in [0.1, 0.15) is 68.8 Å². The predicted octanol–water partition coefficient (Wildman–Crippen LogP) is 5.22. The van der Waals surface area contributed by atoms with Gasteiger partial charge in [-0.1, -0.05) is 32.9 Å². The smallest absolute Gasteiger partial charge is 0.198 e. The van der Waals surface area contributed by atoms with Crippen molar-refractivity contribution in [2.75, 3.05) is 32.8 Å². The molecule has 2 saturated heterocycles. The summed E-state index contributed by atoms with van der Waals surface area (Å²) in [5.41, 5.74) is 2.98. The Labute approximate surface area is 215 Å². The Balaban J connectivity index is 1.56. The maximum atomic E-state index is 13.9. The number of carbonyl (C=O) groups is 1. The van der Waals surface area contributed by atoms with Crippen LogP contribution in [0.4, 0.5) is 0 Å². The highest BCUT2D eigenvalue weighted by Gasteiger charge is 2.38. The molecule has 2 aromatic rings. The van der Waals surface area contributed by atoms with Crippen LogP contribution in [0.15, 0.2) is 30.3 Å². The van der Waals surface area contributed by atoms with Crippen molar-refractivity contribution in [2.24, 2.45) is 11.8 Å². The maximum absolute atomic E-state index is 13.9. The predicted molar refractivity (Wildman–Crippen MR) is 142 cm³/mol. The molecule has 0 aromatic heterocycles. The van der Waals surface area contributed by atoms with Crippen molar-refractivity contribution in [2.45, 2.75) is 65.1 Å². The van der Waals surface area contributed by atoms with Crippen molar-refractivity contribution in [3.05, 3.63) is 41.5 Å². The summed E-state index contributed by atoms with van der Waals surface area (Å²) in [5.74, 6) is 3.07. The van der Waals surface area contributed by atoms with E-state index in [2.05, 4.69) is 31.4 Å². The third-order valence-corrected chi connectivity index (χ3v) is 7.95. The fourth-order valence-corrected chi connectivity index (χ4v) is 6.02. The molecule has 0 amide bonds. The van der Waals surface area contributed by atoms with Gasteiger partial charge in [0, 0.05) is 41.6 Å². The summed E-state index contributed by atoms with van der Waals surface area (Å²) in [7, 11) is 0. The molecular weight excluding hydrogens is 452 g/mol. The SMILES string of the molecule is CCCOc1ccc(OC(CC)C2CCNC2)c2c1-c1c(OC(CC)C3CCNC3)cccc1C2=O. The maximum Gasteiger partial charge on any atom is 0.198 e. The van der Waals surface area contributed by atoms with E-state index in [9.17, 15) is 4.79 Å². The average Bonchev–Trinajstić information content (AvgIpc) is 3.67. The lowest BCUT2D eigenvalue weighted by Gasteiger charge is -2.26. The van der Waals surface area contributed by atoms with Crippen LogP contribution in [0.25, 0.3) is 11.1 Å². The highest BCUT2D eigenvalue weighted by atomic mass is 16.5. The van der Waals surface area contributed by atoms with Crippen LogP contribution in [0.5, 0.6) is 17.2 Å². The zero-order chi connectivity index (χ0) is 25.1. The monoisotopic (exact) mass is 492 g/mol. The minimum atomic E-state index is -0.00243. The number of fused-ring (bicyclic) bond motifs is 3. The van der Waals surface area contributed by atoms with Crippen LogP contribution in [-0.4, -0.2) is 50.8 Å². The van der Waals surface area contributed by atoms with Gasteiger partial charge in [-0.25, -0.2) is 0 Å². The molecule has 6 nitrogen and oxygen atoms in total. The normalized spacial score (nSPS) is 22.2. The summed E-state index contributed by atoms with van der Waals surface area (Å²) in [6.45, 7) is 11.0. The van der Waals surface area contributed by atoms with Gasteiger partial charge in [0.15, 0.2) is 5.78 Å². The van der Waals surface area contributed by atoms with Gasteiger partial charge < -0.3 is 24.8 Å². The highest BCUT2D eigenvalue weighted by Crippen LogP contribution is 2.51. The molecule has 4 unspecified atom stereocenters. The van der Waals surface area contributed by atoms with Gasteiger partial charge in [-0.2, -0.15) is 0 Å². The van der Waals surface area contributed by atoms with E-state index in [0.717, 1.165) is 80.9 Å². The van der Waals surface area contributed by atoms with Gasteiger partial charge in [0.25, 0.3) is 0 Å². The Morgan fingerprint density at radius 2 is 1.42 bits per heavy atom. The minimum absolute atomic E-state index is 0.00243. The summed E-state index contributed by atoms with van der Waals surface area (Å²) < 4.78 is 19.5. The first-order valence-corrected chi connectivity index (χ1v) is 13.9. The van der Waals surface area contributed by atoms with Crippen molar-refractivity contribution in [1.29, 1.82) is 0 Å². The summed E-state index contributed by atoms with van der Waals surface area (Å²) >= 11 is 0. The first-order valence-electron chi connectivity index (χ1n) is 13.9. The molecule has 2 aromatic carbocycles. The Morgan fingerprint density at radius 1 is 0.806 bits per heavy atom. The highest BCUT2D eigenvalue weighted by molar-refractivity contribution is 6.25. The molecule has 0 saturated carbocycles. The number of nitrogens with one attached hydrogen (secondary N) is 2. The van der Waals surface area contributed by atoms with Crippen molar-refractivity contribution in [1.82, 2.24) is 10.6 Å². The number of hydrogen-bond acceptors (Lipinski definition) is 6. The summed E-state index contributed by atoms with van der Waals surface area (Å²) in [6.07, 6.45) is 5.10. The fourth-order valence-electron chi connectivity index (χ4n) is 6.02. The van der Waals surface area contributed by atoms with Crippen LogP contribution in [0.3, 0.4) is 0 Å². The number of benzene rings is 2. The number of ether oxygens (including phenoxy) is 3. The van der Waals surface area contributed by atoms with E-state index in [4.69, 9.17) is 14.2 Å². The van der Waals surface area contributed by atoms with Gasteiger partial charge >= 0.3 is 0 Å². The molecule has 0 spiro atoms. The van der Waals surface area contributed by atoms with Crippen molar-refractivity contribution in [3.8, 4) is 28.4 Å². The van der Waals surface area contributed by atoms with Gasteiger partial charge in [0.1, 0.15) is 29.5 Å². The van der Waals surface area contributed by atoms with Crippen LogP contribution in [-0.2, 0) is 0 Å². The van der Waals surface area contributed by atoms with Crippen LogP contribution >= 0.6 is 0 Å². The first-order chi connectivity index (χ1) is 17.7. The lowest BCUT2D eigenvalue weighted by molar-refractivity contribution is 0.102. The van der Waals surface area contributed by atoms with Gasteiger partial charge in [0.05, 0.1) is 12.2 Å². The van der Waals surface area contributed by atoms with E-state index in [1.807, 2.05) is 30.3 Å². The van der Waals surface area contributed by atoms with E-state index in [1.165, 1.54) is 0 Å². The molecule has 1 aliphatic carbocycles. The average molecular weight is 493 g/mol. The summed E-state index contributed by atoms with van der Waals surface area (Å²) in [4.78, 5) is 13.9. The molecule has 3 aliphatic rings. The second-order valence-corrected chi connectivity index (χ2v) is 10.3. The zero-order valence-electron chi connectivity index (χ0n) is 21.9. The van der Waals surface area contributed by atoms with E-state index in [1.54, 1.807) is 0 Å². The van der Waals surface area contributed by atoms with E-state index in [0.29, 0.717) is 35.3 Å². The number of carbonyl (C=O) groups excluding carboxylic acids is 1. The second-order valence-electron chi connectivity index (χ2n) is 10.3. The lowest BCUT2D eigenvalue weighted by atomic mass is 9.98. The largest absolute Gasteiger partial charge is 0.493 e. The molecule has 36 heavy (non-hydrogen) atoms. The summed E-state index contributed by atoms with van der Waals surface area (Å²) in [6, 6.07) is 9.75. The van der Waals surface area contributed by atoms with E-state index < -0.39 is 0 Å². The Kier molecular flexibility index (Phi) is 7.82. The topological polar surface area (TPSA) is 68.8 Å². The first kappa shape index (κ1) is 25.1.